The summed E-state index contributed by atoms with van der Waals surface area (Å²) in [7, 11) is 0. The Hall–Kier alpha value is -3.06. The second kappa shape index (κ2) is 7.65. The Labute approximate surface area is 175 Å². The van der Waals surface area contributed by atoms with Gasteiger partial charge in [0, 0.05) is 43.6 Å². The summed E-state index contributed by atoms with van der Waals surface area (Å²) in [5, 5.41) is 7.27. The smallest absolute Gasteiger partial charge is 0.251 e. The Balaban J connectivity index is 1.35. The summed E-state index contributed by atoms with van der Waals surface area (Å²) in [6.45, 7) is 4.57. The number of amides is 1. The van der Waals surface area contributed by atoms with Gasteiger partial charge in [0.15, 0.2) is 5.82 Å². The van der Waals surface area contributed by atoms with Crippen molar-refractivity contribution >= 4 is 5.91 Å². The molecule has 1 N–H and O–H groups in total. The maximum absolute atomic E-state index is 12.7. The number of nitrogens with zero attached hydrogens (tertiary/aromatic N) is 4. The molecule has 30 heavy (non-hydrogen) atoms. The van der Waals surface area contributed by atoms with Gasteiger partial charge in [0.25, 0.3) is 5.91 Å². The van der Waals surface area contributed by atoms with E-state index in [-0.39, 0.29) is 17.4 Å². The number of pyridine rings is 1. The molecule has 1 aliphatic heterocycles. The number of likely N-dealkylation sites (tertiary alicyclic amines) is 1. The van der Waals surface area contributed by atoms with Crippen molar-refractivity contribution < 1.29 is 9.32 Å². The van der Waals surface area contributed by atoms with Gasteiger partial charge in [-0.15, -0.1) is 0 Å². The molecule has 0 spiro atoms. The zero-order chi connectivity index (χ0) is 20.6. The molecule has 3 atom stereocenters. The quantitative estimate of drug-likeness (QED) is 0.705. The number of fused-ring (bicyclic) bond motifs is 1. The predicted molar refractivity (Wildman–Crippen MR) is 111 cm³/mol. The molecule has 1 saturated carbocycles. The second-order valence-corrected chi connectivity index (χ2v) is 8.50. The number of aryl methyl sites for hydroxylation is 1. The molecule has 2 aliphatic rings. The predicted octanol–water partition coefficient (Wildman–Crippen LogP) is 2.74. The SMILES string of the molecule is Cc1noc(C23CC(NC(=O)c4ccncc4)CC2CN(Cc2ccccc2)C3)n1. The molecule has 154 valence electrons. The minimum absolute atomic E-state index is 0.0552. The fourth-order valence-corrected chi connectivity index (χ4v) is 5.15. The summed E-state index contributed by atoms with van der Waals surface area (Å²) in [5.74, 6) is 1.68. The van der Waals surface area contributed by atoms with Gasteiger partial charge in [-0.2, -0.15) is 4.98 Å². The molecule has 2 aromatic heterocycles. The third kappa shape index (κ3) is 3.50. The normalized spacial score (nSPS) is 25.9. The minimum atomic E-state index is -0.216. The van der Waals surface area contributed by atoms with Gasteiger partial charge >= 0.3 is 0 Å². The minimum Gasteiger partial charge on any atom is -0.349 e. The first-order chi connectivity index (χ1) is 14.6. The second-order valence-electron chi connectivity index (χ2n) is 8.50. The number of benzene rings is 1. The molecule has 1 aromatic carbocycles. The van der Waals surface area contributed by atoms with Crippen molar-refractivity contribution in [3.63, 3.8) is 0 Å². The van der Waals surface area contributed by atoms with Crippen LogP contribution in [0.4, 0.5) is 0 Å². The average molecular weight is 403 g/mol. The van der Waals surface area contributed by atoms with E-state index < -0.39 is 0 Å². The van der Waals surface area contributed by atoms with E-state index >= 15 is 0 Å². The van der Waals surface area contributed by atoms with E-state index in [1.165, 1.54) is 5.56 Å². The van der Waals surface area contributed by atoms with Crippen LogP contribution in [0, 0.1) is 12.8 Å². The molecule has 1 saturated heterocycles. The Morgan fingerprint density at radius 3 is 2.77 bits per heavy atom. The molecule has 7 heteroatoms. The summed E-state index contributed by atoms with van der Waals surface area (Å²) >= 11 is 0. The Kier molecular flexibility index (Phi) is 4.83. The van der Waals surface area contributed by atoms with Crippen LogP contribution in [0.3, 0.4) is 0 Å². The molecule has 0 radical (unpaired) electrons. The lowest BCUT2D eigenvalue weighted by molar-refractivity contribution is 0.0933. The van der Waals surface area contributed by atoms with Crippen LogP contribution in [0.1, 0.15) is 40.5 Å². The highest BCUT2D eigenvalue weighted by molar-refractivity contribution is 5.94. The van der Waals surface area contributed by atoms with Crippen molar-refractivity contribution in [2.75, 3.05) is 13.1 Å². The van der Waals surface area contributed by atoms with Crippen molar-refractivity contribution in [2.24, 2.45) is 5.92 Å². The van der Waals surface area contributed by atoms with E-state index in [1.807, 2.05) is 13.0 Å². The summed E-state index contributed by atoms with van der Waals surface area (Å²) in [6.07, 6.45) is 5.00. The van der Waals surface area contributed by atoms with E-state index in [0.29, 0.717) is 23.2 Å². The van der Waals surface area contributed by atoms with E-state index in [1.54, 1.807) is 24.5 Å². The van der Waals surface area contributed by atoms with Crippen LogP contribution in [0.25, 0.3) is 0 Å². The van der Waals surface area contributed by atoms with Crippen LogP contribution in [0.15, 0.2) is 59.4 Å². The van der Waals surface area contributed by atoms with Gasteiger partial charge in [0.1, 0.15) is 0 Å². The van der Waals surface area contributed by atoms with Gasteiger partial charge in [-0.3, -0.25) is 14.7 Å². The van der Waals surface area contributed by atoms with E-state index in [0.717, 1.165) is 32.5 Å². The first-order valence-electron chi connectivity index (χ1n) is 10.4. The van der Waals surface area contributed by atoms with Crippen LogP contribution in [-0.2, 0) is 12.0 Å². The highest BCUT2D eigenvalue weighted by Gasteiger charge is 2.57. The molecule has 7 nitrogen and oxygen atoms in total. The number of hydrogen-bond donors (Lipinski definition) is 1. The van der Waals surface area contributed by atoms with E-state index in [4.69, 9.17) is 4.52 Å². The van der Waals surface area contributed by atoms with Gasteiger partial charge in [-0.05, 0) is 43.4 Å². The van der Waals surface area contributed by atoms with Gasteiger partial charge in [0.2, 0.25) is 5.89 Å². The molecule has 5 rings (SSSR count). The molecule has 1 aliphatic carbocycles. The fourth-order valence-electron chi connectivity index (χ4n) is 5.15. The third-order valence-corrected chi connectivity index (χ3v) is 6.43. The van der Waals surface area contributed by atoms with Crippen molar-refractivity contribution in [1.82, 2.24) is 25.3 Å². The van der Waals surface area contributed by atoms with Crippen molar-refractivity contribution in [3.8, 4) is 0 Å². The first-order valence-corrected chi connectivity index (χ1v) is 10.4. The maximum Gasteiger partial charge on any atom is 0.251 e. The molecule has 3 heterocycles. The van der Waals surface area contributed by atoms with Crippen LogP contribution in [0.2, 0.25) is 0 Å². The van der Waals surface area contributed by atoms with E-state index in [9.17, 15) is 4.79 Å². The van der Waals surface area contributed by atoms with Crippen molar-refractivity contribution in [1.29, 1.82) is 0 Å². The maximum atomic E-state index is 12.7. The number of nitrogens with one attached hydrogen (secondary N) is 1. The molecular weight excluding hydrogens is 378 g/mol. The highest BCUT2D eigenvalue weighted by Crippen LogP contribution is 2.50. The lowest BCUT2D eigenvalue weighted by atomic mass is 9.80. The molecule has 2 fully saturated rings. The topological polar surface area (TPSA) is 84.2 Å². The average Bonchev–Trinajstić information content (AvgIpc) is 3.42. The Bertz CT molecular complexity index is 1020. The first kappa shape index (κ1) is 18.9. The molecule has 1 amide bonds. The summed E-state index contributed by atoms with van der Waals surface area (Å²) in [4.78, 5) is 23.7. The standard InChI is InChI=1S/C23H25N5O2/c1-16-25-22(30-27-16)23-12-20(26-21(29)18-7-9-24-10-8-18)11-19(23)14-28(15-23)13-17-5-3-2-4-6-17/h2-10,19-20H,11-15H2,1H3,(H,26,29). The largest absolute Gasteiger partial charge is 0.349 e. The molecule has 3 unspecified atom stereocenters. The zero-order valence-corrected chi connectivity index (χ0v) is 17.0. The van der Waals surface area contributed by atoms with Crippen molar-refractivity contribution in [2.45, 2.75) is 37.8 Å². The number of aromatic nitrogens is 3. The van der Waals surface area contributed by atoms with Gasteiger partial charge in [0.05, 0.1) is 5.41 Å². The number of carbonyl (C=O) groups excluding carboxylic acids is 1. The number of hydrogen-bond acceptors (Lipinski definition) is 6. The number of carbonyl (C=O) groups is 1. The monoisotopic (exact) mass is 403 g/mol. The van der Waals surface area contributed by atoms with Gasteiger partial charge in [-0.25, -0.2) is 0 Å². The molecule has 3 aromatic rings. The summed E-state index contributed by atoms with van der Waals surface area (Å²) in [6, 6.07) is 14.1. The number of rotatable bonds is 5. The lowest BCUT2D eigenvalue weighted by Gasteiger charge is -2.25. The highest BCUT2D eigenvalue weighted by atomic mass is 16.5. The summed E-state index contributed by atoms with van der Waals surface area (Å²) < 4.78 is 5.68. The van der Waals surface area contributed by atoms with Crippen LogP contribution in [0.5, 0.6) is 0 Å². The Morgan fingerprint density at radius 2 is 2.03 bits per heavy atom. The van der Waals surface area contributed by atoms with E-state index in [2.05, 4.69) is 49.6 Å². The Morgan fingerprint density at radius 1 is 1.23 bits per heavy atom. The van der Waals surface area contributed by atoms with Crippen molar-refractivity contribution in [3.05, 3.63) is 77.7 Å². The third-order valence-electron chi connectivity index (χ3n) is 6.43. The summed E-state index contributed by atoms with van der Waals surface area (Å²) in [5.41, 5.74) is 1.72. The van der Waals surface area contributed by atoms with Gasteiger partial charge in [-0.1, -0.05) is 35.5 Å². The van der Waals surface area contributed by atoms with Crippen LogP contribution < -0.4 is 5.32 Å². The lowest BCUT2D eigenvalue weighted by Crippen LogP contribution is -2.38. The van der Waals surface area contributed by atoms with Crippen LogP contribution in [-0.4, -0.2) is 45.1 Å². The molecule has 0 bridgehead atoms. The molecular formula is C23H25N5O2. The fraction of sp³-hybridized carbons (Fsp3) is 0.391. The van der Waals surface area contributed by atoms with Crippen LogP contribution >= 0.6 is 0 Å². The zero-order valence-electron chi connectivity index (χ0n) is 17.0. The van der Waals surface area contributed by atoms with Gasteiger partial charge < -0.3 is 9.84 Å².